The first kappa shape index (κ1) is 20.8. The highest BCUT2D eigenvalue weighted by Gasteiger charge is 2.12. The maximum atomic E-state index is 13.5. The van der Waals surface area contributed by atoms with Crippen LogP contribution in [0.25, 0.3) is 21.3 Å². The topological polar surface area (TPSA) is 78.5 Å². The number of rotatable bonds is 4. The zero-order valence-corrected chi connectivity index (χ0v) is 19.0. The van der Waals surface area contributed by atoms with Gasteiger partial charge in [0.1, 0.15) is 18.0 Å². The molecule has 1 aliphatic rings. The molecule has 168 valence electrons. The summed E-state index contributed by atoms with van der Waals surface area (Å²) < 4.78 is 14.5. The minimum atomic E-state index is -0.241. The Labute approximate surface area is 199 Å². The number of anilines is 2. The molecule has 0 spiro atoms. The van der Waals surface area contributed by atoms with Crippen molar-refractivity contribution < 1.29 is 4.39 Å². The van der Waals surface area contributed by atoms with Crippen LogP contribution in [0, 0.1) is 17.7 Å². The summed E-state index contributed by atoms with van der Waals surface area (Å²) in [5.74, 6) is 7.91. The monoisotopic (exact) mass is 468 g/mol. The molecule has 5 aromatic rings. The molecule has 6 rings (SSSR count). The van der Waals surface area contributed by atoms with Gasteiger partial charge in [0.25, 0.3) is 0 Å². The Kier molecular flexibility index (Phi) is 5.41. The number of aromatic nitrogens is 4. The number of hydrogen-bond donors (Lipinski definition) is 3. The third-order valence-corrected chi connectivity index (χ3v) is 6.84. The summed E-state index contributed by atoms with van der Waals surface area (Å²) in [5, 5.41) is 6.82. The Morgan fingerprint density at radius 1 is 1.12 bits per heavy atom. The molecule has 4 heterocycles. The second kappa shape index (κ2) is 8.86. The van der Waals surface area contributed by atoms with Gasteiger partial charge < -0.3 is 15.6 Å². The molecule has 0 radical (unpaired) electrons. The maximum absolute atomic E-state index is 13.5. The summed E-state index contributed by atoms with van der Waals surface area (Å²) in [4.78, 5) is 17.9. The first-order chi connectivity index (χ1) is 16.7. The molecule has 1 atom stereocenters. The fourth-order valence-corrected chi connectivity index (χ4v) is 5.09. The molecular weight excluding hydrogens is 447 g/mol. The highest BCUT2D eigenvalue weighted by Crippen LogP contribution is 2.31. The number of H-pyrrole nitrogens is 1. The lowest BCUT2D eigenvalue weighted by molar-refractivity contribution is 0.626. The van der Waals surface area contributed by atoms with Crippen LogP contribution in [-0.4, -0.2) is 32.5 Å². The molecule has 1 aliphatic heterocycles. The molecule has 0 saturated carbocycles. The van der Waals surface area contributed by atoms with Crippen molar-refractivity contribution in [2.24, 2.45) is 0 Å². The number of nitrogens with zero attached hydrogens (tertiary/aromatic N) is 3. The second-order valence-corrected chi connectivity index (χ2v) is 9.36. The number of fused-ring (bicyclic) bond motifs is 2. The normalized spacial score (nSPS) is 15.5. The van der Waals surface area contributed by atoms with E-state index in [1.54, 1.807) is 23.7 Å². The van der Waals surface area contributed by atoms with E-state index >= 15 is 0 Å². The third-order valence-electron chi connectivity index (χ3n) is 5.80. The van der Waals surface area contributed by atoms with Gasteiger partial charge >= 0.3 is 0 Å². The van der Waals surface area contributed by atoms with Crippen molar-refractivity contribution in [3.05, 3.63) is 76.9 Å². The van der Waals surface area contributed by atoms with Gasteiger partial charge in [0, 0.05) is 12.1 Å². The Bertz CT molecular complexity index is 1550. The maximum Gasteiger partial charge on any atom is 0.151 e. The Hall–Kier alpha value is -3.80. The van der Waals surface area contributed by atoms with Gasteiger partial charge in [0.2, 0.25) is 0 Å². The van der Waals surface area contributed by atoms with Gasteiger partial charge in [0.05, 0.1) is 32.2 Å². The minimum absolute atomic E-state index is 0.241. The fourth-order valence-electron chi connectivity index (χ4n) is 4.17. The Morgan fingerprint density at radius 3 is 2.97 bits per heavy atom. The van der Waals surface area contributed by atoms with E-state index in [9.17, 15) is 4.39 Å². The molecule has 6 nitrogen and oxygen atoms in total. The molecule has 8 heteroatoms. The SMILES string of the molecule is Fc1cccc(Cc2nc3ccc(Nc4ncnc5cc(C#C[C@H]6CCCN6)sc45)cc3[nH]2)c1. The molecule has 2 aromatic carbocycles. The average Bonchev–Trinajstić information content (AvgIpc) is 3.57. The van der Waals surface area contributed by atoms with Crippen molar-refractivity contribution in [3.63, 3.8) is 0 Å². The van der Waals surface area contributed by atoms with Crippen LogP contribution in [0.15, 0.2) is 54.9 Å². The number of thiophene rings is 1. The van der Waals surface area contributed by atoms with Gasteiger partial charge in [-0.1, -0.05) is 24.0 Å². The molecule has 3 aromatic heterocycles. The zero-order valence-electron chi connectivity index (χ0n) is 18.2. The van der Waals surface area contributed by atoms with E-state index in [2.05, 4.69) is 42.4 Å². The molecule has 3 N–H and O–H groups in total. The van der Waals surface area contributed by atoms with Crippen LogP contribution < -0.4 is 10.6 Å². The van der Waals surface area contributed by atoms with Crippen molar-refractivity contribution in [1.29, 1.82) is 0 Å². The highest BCUT2D eigenvalue weighted by atomic mass is 32.1. The molecule has 0 bridgehead atoms. The first-order valence-corrected chi connectivity index (χ1v) is 12.0. The summed E-state index contributed by atoms with van der Waals surface area (Å²) in [7, 11) is 0. The van der Waals surface area contributed by atoms with Crippen LogP contribution in [0.2, 0.25) is 0 Å². The number of halogens is 1. The number of benzene rings is 2. The second-order valence-electron chi connectivity index (χ2n) is 8.31. The van der Waals surface area contributed by atoms with Gasteiger partial charge in [-0.3, -0.25) is 0 Å². The number of imidazole rings is 1. The van der Waals surface area contributed by atoms with Crippen molar-refractivity contribution in [2.75, 3.05) is 11.9 Å². The van der Waals surface area contributed by atoms with Gasteiger partial charge in [-0.2, -0.15) is 0 Å². The summed E-state index contributed by atoms with van der Waals surface area (Å²) in [6, 6.07) is 14.8. The quantitative estimate of drug-likeness (QED) is 0.318. The molecule has 1 saturated heterocycles. The Balaban J connectivity index is 1.25. The molecule has 1 fully saturated rings. The third kappa shape index (κ3) is 4.36. The first-order valence-electron chi connectivity index (χ1n) is 11.2. The van der Waals surface area contributed by atoms with Gasteiger partial charge in [-0.05, 0) is 61.3 Å². The number of nitrogens with one attached hydrogen (secondary N) is 3. The van der Waals surface area contributed by atoms with Gasteiger partial charge in [-0.15, -0.1) is 11.3 Å². The van der Waals surface area contributed by atoms with E-state index in [4.69, 9.17) is 0 Å². The fraction of sp³-hybridized carbons (Fsp3) is 0.192. The Morgan fingerprint density at radius 2 is 2.09 bits per heavy atom. The van der Waals surface area contributed by atoms with Crippen molar-refractivity contribution >= 4 is 44.1 Å². The predicted molar refractivity (Wildman–Crippen MR) is 134 cm³/mol. The summed E-state index contributed by atoms with van der Waals surface area (Å²) in [5.41, 5.74) is 4.42. The van der Waals surface area contributed by atoms with E-state index < -0.39 is 0 Å². The zero-order chi connectivity index (χ0) is 22.9. The van der Waals surface area contributed by atoms with Crippen LogP contribution in [-0.2, 0) is 6.42 Å². The average molecular weight is 469 g/mol. The standard InChI is InChI=1S/C26H21FN6S/c27-17-4-1-3-16(11-17)12-24-32-21-9-7-19(13-22(21)33-24)31-26-25-23(29-15-30-26)14-20(34-25)8-6-18-5-2-10-28-18/h1,3-4,7,9,11,13-15,18,28H,2,5,10,12H2,(H,32,33)(H,29,30,31)/t18-/m1/s1. The summed E-state index contributed by atoms with van der Waals surface area (Å²) >= 11 is 1.60. The molecule has 0 amide bonds. The number of hydrogen-bond acceptors (Lipinski definition) is 6. The van der Waals surface area contributed by atoms with E-state index in [1.165, 1.54) is 18.6 Å². The minimum Gasteiger partial charge on any atom is -0.342 e. The molecular formula is C26H21FN6S. The lowest BCUT2D eigenvalue weighted by atomic mass is 10.1. The molecule has 0 aliphatic carbocycles. The number of aromatic amines is 1. The van der Waals surface area contributed by atoms with E-state index in [0.29, 0.717) is 6.42 Å². The lowest BCUT2D eigenvalue weighted by Gasteiger charge is -2.05. The van der Waals surface area contributed by atoms with Crippen LogP contribution >= 0.6 is 11.3 Å². The van der Waals surface area contributed by atoms with E-state index in [0.717, 1.165) is 62.0 Å². The van der Waals surface area contributed by atoms with Crippen LogP contribution in [0.4, 0.5) is 15.9 Å². The predicted octanol–water partition coefficient (Wildman–Crippen LogP) is 5.14. The van der Waals surface area contributed by atoms with Crippen molar-refractivity contribution in [3.8, 4) is 11.8 Å². The van der Waals surface area contributed by atoms with Gasteiger partial charge in [0.15, 0.2) is 5.82 Å². The van der Waals surface area contributed by atoms with E-state index in [-0.39, 0.29) is 11.9 Å². The van der Waals surface area contributed by atoms with Crippen molar-refractivity contribution in [2.45, 2.75) is 25.3 Å². The van der Waals surface area contributed by atoms with Crippen LogP contribution in [0.3, 0.4) is 0 Å². The smallest absolute Gasteiger partial charge is 0.151 e. The van der Waals surface area contributed by atoms with Crippen LogP contribution in [0.1, 0.15) is 29.1 Å². The van der Waals surface area contributed by atoms with Crippen molar-refractivity contribution in [1.82, 2.24) is 25.3 Å². The summed E-state index contributed by atoms with van der Waals surface area (Å²) in [6.07, 6.45) is 4.39. The summed E-state index contributed by atoms with van der Waals surface area (Å²) in [6.45, 7) is 1.04. The van der Waals surface area contributed by atoms with E-state index in [1.807, 2.05) is 30.3 Å². The highest BCUT2D eigenvalue weighted by molar-refractivity contribution is 7.20. The molecule has 0 unspecified atom stereocenters. The van der Waals surface area contributed by atoms with Crippen LogP contribution in [0.5, 0.6) is 0 Å². The molecule has 34 heavy (non-hydrogen) atoms. The lowest BCUT2D eigenvalue weighted by Crippen LogP contribution is -2.18. The largest absolute Gasteiger partial charge is 0.342 e. The van der Waals surface area contributed by atoms with Gasteiger partial charge in [-0.25, -0.2) is 19.3 Å².